The number of benzene rings is 1. The number of ether oxygens (including phenoxy) is 1. The Balaban J connectivity index is 3.30. The number of rotatable bonds is 3. The standard InChI is InChI=1S/C14H21NO2/c1-9(15)13(16)11-8-10(14(2,3)4)6-7-12(11)17-5/h6-9H,15H2,1-5H3. The second-order valence-corrected chi connectivity index (χ2v) is 5.32. The monoisotopic (exact) mass is 235 g/mol. The molecule has 1 unspecified atom stereocenters. The molecule has 1 rings (SSSR count). The van der Waals surface area contributed by atoms with Gasteiger partial charge >= 0.3 is 0 Å². The molecule has 0 aliphatic heterocycles. The fourth-order valence-corrected chi connectivity index (χ4v) is 1.61. The lowest BCUT2D eigenvalue weighted by Gasteiger charge is -2.21. The molecule has 3 heteroatoms. The zero-order valence-electron chi connectivity index (χ0n) is 11.2. The number of hydrogen-bond donors (Lipinski definition) is 1. The molecular weight excluding hydrogens is 214 g/mol. The van der Waals surface area contributed by atoms with E-state index in [1.807, 2.05) is 18.2 Å². The first-order valence-corrected chi connectivity index (χ1v) is 5.75. The van der Waals surface area contributed by atoms with Crippen LogP contribution in [0.4, 0.5) is 0 Å². The third-order valence-electron chi connectivity index (χ3n) is 2.74. The van der Waals surface area contributed by atoms with Crippen LogP contribution in [0.3, 0.4) is 0 Å². The van der Waals surface area contributed by atoms with Crippen molar-refractivity contribution in [3.63, 3.8) is 0 Å². The van der Waals surface area contributed by atoms with Gasteiger partial charge in [-0.2, -0.15) is 0 Å². The SMILES string of the molecule is COc1ccc(C(C)(C)C)cc1C(=O)C(C)N. The number of ketones is 1. The smallest absolute Gasteiger partial charge is 0.182 e. The summed E-state index contributed by atoms with van der Waals surface area (Å²) in [4.78, 5) is 12.0. The van der Waals surface area contributed by atoms with E-state index in [4.69, 9.17) is 10.5 Å². The van der Waals surface area contributed by atoms with Crippen molar-refractivity contribution in [2.75, 3.05) is 7.11 Å². The Morgan fingerprint density at radius 1 is 1.35 bits per heavy atom. The van der Waals surface area contributed by atoms with Crippen molar-refractivity contribution in [3.05, 3.63) is 29.3 Å². The Morgan fingerprint density at radius 2 is 1.94 bits per heavy atom. The zero-order chi connectivity index (χ0) is 13.2. The minimum atomic E-state index is -0.515. The van der Waals surface area contributed by atoms with E-state index in [1.165, 1.54) is 0 Å². The van der Waals surface area contributed by atoms with Crippen LogP contribution in [0.25, 0.3) is 0 Å². The van der Waals surface area contributed by atoms with Gasteiger partial charge in [-0.05, 0) is 30.0 Å². The average Bonchev–Trinajstić information content (AvgIpc) is 2.25. The predicted molar refractivity (Wildman–Crippen MR) is 69.7 cm³/mol. The number of Topliss-reactive ketones (excluding diaryl/α,β-unsaturated/α-hetero) is 1. The van der Waals surface area contributed by atoms with Crippen LogP contribution < -0.4 is 10.5 Å². The normalized spacial score (nSPS) is 13.3. The van der Waals surface area contributed by atoms with Crippen LogP contribution >= 0.6 is 0 Å². The molecule has 1 atom stereocenters. The minimum absolute atomic E-state index is 0.000855. The van der Waals surface area contributed by atoms with Gasteiger partial charge in [0.1, 0.15) is 5.75 Å². The molecule has 94 valence electrons. The molecule has 0 radical (unpaired) electrons. The number of hydrogen-bond acceptors (Lipinski definition) is 3. The van der Waals surface area contributed by atoms with Gasteiger partial charge in [-0.3, -0.25) is 4.79 Å². The van der Waals surface area contributed by atoms with Crippen LogP contribution in [0.15, 0.2) is 18.2 Å². The molecule has 0 bridgehead atoms. The van der Waals surface area contributed by atoms with Crippen molar-refractivity contribution >= 4 is 5.78 Å². The van der Waals surface area contributed by atoms with Crippen LogP contribution in [-0.4, -0.2) is 18.9 Å². The number of carbonyl (C=O) groups excluding carboxylic acids is 1. The van der Waals surface area contributed by atoms with Gasteiger partial charge in [0.2, 0.25) is 0 Å². The Bertz CT molecular complexity index is 417. The summed E-state index contributed by atoms with van der Waals surface area (Å²) in [6.45, 7) is 8.00. The number of nitrogens with two attached hydrogens (primary N) is 1. The highest BCUT2D eigenvalue weighted by Gasteiger charge is 2.20. The van der Waals surface area contributed by atoms with Crippen LogP contribution in [0.2, 0.25) is 0 Å². The van der Waals surface area contributed by atoms with Gasteiger partial charge in [-0.1, -0.05) is 26.8 Å². The Hall–Kier alpha value is -1.35. The summed E-state index contributed by atoms with van der Waals surface area (Å²) in [5.74, 6) is 0.494. The van der Waals surface area contributed by atoms with Crippen LogP contribution in [0.5, 0.6) is 5.75 Å². The van der Waals surface area contributed by atoms with E-state index in [0.717, 1.165) is 5.56 Å². The summed E-state index contributed by atoms with van der Waals surface area (Å²) >= 11 is 0. The van der Waals surface area contributed by atoms with Gasteiger partial charge < -0.3 is 10.5 Å². The molecular formula is C14H21NO2. The van der Waals surface area contributed by atoms with Crippen molar-refractivity contribution in [1.82, 2.24) is 0 Å². The summed E-state index contributed by atoms with van der Waals surface area (Å²) < 4.78 is 5.21. The summed E-state index contributed by atoms with van der Waals surface area (Å²) in [5, 5.41) is 0. The molecule has 0 saturated carbocycles. The first-order chi connectivity index (χ1) is 7.77. The Labute approximate surface area is 103 Å². The molecule has 3 nitrogen and oxygen atoms in total. The highest BCUT2D eigenvalue weighted by Crippen LogP contribution is 2.28. The molecule has 0 saturated heterocycles. The van der Waals surface area contributed by atoms with Crippen molar-refractivity contribution in [2.24, 2.45) is 5.73 Å². The van der Waals surface area contributed by atoms with E-state index in [2.05, 4.69) is 20.8 Å². The average molecular weight is 235 g/mol. The zero-order valence-corrected chi connectivity index (χ0v) is 11.2. The molecule has 0 amide bonds. The van der Waals surface area contributed by atoms with Gasteiger partial charge in [0, 0.05) is 0 Å². The van der Waals surface area contributed by atoms with E-state index in [1.54, 1.807) is 14.0 Å². The molecule has 1 aromatic carbocycles. The van der Waals surface area contributed by atoms with E-state index < -0.39 is 6.04 Å². The maximum Gasteiger partial charge on any atom is 0.182 e. The van der Waals surface area contributed by atoms with Crippen molar-refractivity contribution in [2.45, 2.75) is 39.2 Å². The molecule has 0 spiro atoms. The first-order valence-electron chi connectivity index (χ1n) is 5.75. The molecule has 2 N–H and O–H groups in total. The predicted octanol–water partition coefficient (Wildman–Crippen LogP) is 2.52. The Kier molecular flexibility index (Phi) is 3.94. The van der Waals surface area contributed by atoms with E-state index in [-0.39, 0.29) is 11.2 Å². The quantitative estimate of drug-likeness (QED) is 0.819. The van der Waals surface area contributed by atoms with Gasteiger partial charge in [0.25, 0.3) is 0 Å². The van der Waals surface area contributed by atoms with Crippen molar-refractivity contribution < 1.29 is 9.53 Å². The second-order valence-electron chi connectivity index (χ2n) is 5.32. The maximum absolute atomic E-state index is 12.0. The Morgan fingerprint density at radius 3 is 2.35 bits per heavy atom. The van der Waals surface area contributed by atoms with Gasteiger partial charge in [0.15, 0.2) is 5.78 Å². The third-order valence-corrected chi connectivity index (χ3v) is 2.74. The lowest BCUT2D eigenvalue weighted by atomic mass is 9.85. The maximum atomic E-state index is 12.0. The highest BCUT2D eigenvalue weighted by atomic mass is 16.5. The summed E-state index contributed by atoms with van der Waals surface area (Å²) in [5.41, 5.74) is 7.31. The molecule has 0 aliphatic carbocycles. The van der Waals surface area contributed by atoms with Crippen LogP contribution in [-0.2, 0) is 5.41 Å². The topological polar surface area (TPSA) is 52.3 Å². The van der Waals surface area contributed by atoms with Crippen LogP contribution in [0.1, 0.15) is 43.6 Å². The van der Waals surface area contributed by atoms with Gasteiger partial charge in [0.05, 0.1) is 18.7 Å². The van der Waals surface area contributed by atoms with E-state index in [0.29, 0.717) is 11.3 Å². The molecule has 0 fully saturated rings. The summed E-state index contributed by atoms with van der Waals surface area (Å²) in [7, 11) is 1.56. The number of methoxy groups -OCH3 is 1. The second kappa shape index (κ2) is 4.88. The largest absolute Gasteiger partial charge is 0.496 e. The molecule has 0 aliphatic rings. The first kappa shape index (κ1) is 13.7. The number of carbonyl (C=O) groups is 1. The summed E-state index contributed by atoms with van der Waals surface area (Å²) in [6.07, 6.45) is 0. The molecule has 0 heterocycles. The highest BCUT2D eigenvalue weighted by molar-refractivity contribution is 6.02. The van der Waals surface area contributed by atoms with E-state index >= 15 is 0 Å². The minimum Gasteiger partial charge on any atom is -0.496 e. The lowest BCUT2D eigenvalue weighted by molar-refractivity contribution is 0.0965. The fraction of sp³-hybridized carbons (Fsp3) is 0.500. The van der Waals surface area contributed by atoms with Crippen LogP contribution in [0, 0.1) is 0 Å². The van der Waals surface area contributed by atoms with E-state index in [9.17, 15) is 4.79 Å². The van der Waals surface area contributed by atoms with Crippen molar-refractivity contribution in [1.29, 1.82) is 0 Å². The third kappa shape index (κ3) is 3.07. The molecule has 0 aromatic heterocycles. The lowest BCUT2D eigenvalue weighted by Crippen LogP contribution is -2.27. The molecule has 1 aromatic rings. The van der Waals surface area contributed by atoms with Gasteiger partial charge in [-0.15, -0.1) is 0 Å². The fourth-order valence-electron chi connectivity index (χ4n) is 1.61. The molecule has 17 heavy (non-hydrogen) atoms. The van der Waals surface area contributed by atoms with Gasteiger partial charge in [-0.25, -0.2) is 0 Å². The van der Waals surface area contributed by atoms with Crippen molar-refractivity contribution in [3.8, 4) is 5.75 Å². The summed E-state index contributed by atoms with van der Waals surface area (Å²) in [6, 6.07) is 5.18.